The van der Waals surface area contributed by atoms with Gasteiger partial charge in [0.25, 0.3) is 0 Å². The molecule has 0 spiro atoms. The van der Waals surface area contributed by atoms with E-state index in [4.69, 9.17) is 17.3 Å². The second-order valence-electron chi connectivity index (χ2n) is 4.69. The lowest BCUT2D eigenvalue weighted by Crippen LogP contribution is -2.11. The number of benzene rings is 2. The number of halogens is 1. The van der Waals surface area contributed by atoms with E-state index in [-0.39, 0.29) is 4.75 Å². The molecule has 2 aromatic rings. The van der Waals surface area contributed by atoms with Gasteiger partial charge in [-0.05, 0) is 55.8 Å². The van der Waals surface area contributed by atoms with E-state index in [1.165, 1.54) is 10.5 Å². The van der Waals surface area contributed by atoms with Gasteiger partial charge in [-0.1, -0.05) is 23.7 Å². The van der Waals surface area contributed by atoms with Crippen LogP contribution in [-0.4, -0.2) is 0 Å². The van der Waals surface area contributed by atoms with Gasteiger partial charge in [0.15, 0.2) is 0 Å². The quantitative estimate of drug-likeness (QED) is 0.634. The Kier molecular flexibility index (Phi) is 3.88. The highest BCUT2D eigenvalue weighted by Gasteiger charge is 2.21. The summed E-state index contributed by atoms with van der Waals surface area (Å²) in [5, 5.41) is 0.768. The Labute approximate surface area is 117 Å². The Bertz CT molecular complexity index is 517. The molecule has 0 aliphatic carbocycles. The monoisotopic (exact) mass is 277 g/mol. The topological polar surface area (TPSA) is 26.0 Å². The van der Waals surface area contributed by atoms with Crippen LogP contribution in [0.5, 0.6) is 0 Å². The Hall–Kier alpha value is -1.12. The van der Waals surface area contributed by atoms with E-state index in [1.54, 1.807) is 0 Å². The van der Waals surface area contributed by atoms with E-state index >= 15 is 0 Å². The van der Waals surface area contributed by atoms with E-state index < -0.39 is 0 Å². The van der Waals surface area contributed by atoms with Crippen LogP contribution in [-0.2, 0) is 4.75 Å². The molecule has 0 aromatic heterocycles. The summed E-state index contributed by atoms with van der Waals surface area (Å²) in [4.78, 5) is 1.21. The Balaban J connectivity index is 2.20. The largest absolute Gasteiger partial charge is 0.399 e. The minimum absolute atomic E-state index is 0.00152. The molecule has 0 unspecified atom stereocenters. The van der Waals surface area contributed by atoms with Gasteiger partial charge in [0.2, 0.25) is 0 Å². The first kappa shape index (κ1) is 13.3. The number of hydrogen-bond acceptors (Lipinski definition) is 2. The molecule has 0 bridgehead atoms. The molecule has 0 saturated heterocycles. The molecule has 18 heavy (non-hydrogen) atoms. The van der Waals surface area contributed by atoms with E-state index in [1.807, 2.05) is 48.2 Å². The Morgan fingerprint density at radius 3 is 2.06 bits per heavy atom. The summed E-state index contributed by atoms with van der Waals surface area (Å²) in [6.07, 6.45) is 0. The molecule has 0 aliphatic heterocycles. The summed E-state index contributed by atoms with van der Waals surface area (Å²) in [5.74, 6) is 0. The predicted molar refractivity (Wildman–Crippen MR) is 81.2 cm³/mol. The molecule has 0 heterocycles. The van der Waals surface area contributed by atoms with Crippen molar-refractivity contribution in [3.8, 4) is 0 Å². The number of anilines is 1. The van der Waals surface area contributed by atoms with E-state index in [0.717, 1.165) is 10.7 Å². The minimum Gasteiger partial charge on any atom is -0.399 e. The smallest absolute Gasteiger partial charge is 0.0406 e. The van der Waals surface area contributed by atoms with Crippen LogP contribution in [0.3, 0.4) is 0 Å². The maximum Gasteiger partial charge on any atom is 0.0406 e. The molecule has 0 fully saturated rings. The molecule has 0 saturated carbocycles. The number of nitrogens with two attached hydrogens (primary N) is 1. The molecule has 0 radical (unpaired) electrons. The summed E-state index contributed by atoms with van der Waals surface area (Å²) < 4.78 is 0.00152. The maximum atomic E-state index is 5.89. The number of hydrogen-bond donors (Lipinski definition) is 1. The zero-order valence-corrected chi connectivity index (χ0v) is 12.1. The fourth-order valence-electron chi connectivity index (χ4n) is 1.74. The average molecular weight is 278 g/mol. The van der Waals surface area contributed by atoms with Gasteiger partial charge in [0, 0.05) is 20.4 Å². The van der Waals surface area contributed by atoms with Crippen LogP contribution in [0, 0.1) is 0 Å². The standard InChI is InChI=1S/C15H16ClNS/c1-15(2,11-3-7-13(17)8-4-11)18-14-9-5-12(16)6-10-14/h3-10H,17H2,1-2H3. The Morgan fingerprint density at radius 2 is 1.50 bits per heavy atom. The molecular formula is C15H16ClNS. The third kappa shape index (κ3) is 3.21. The van der Waals surface area contributed by atoms with Crippen LogP contribution in [0.2, 0.25) is 5.02 Å². The van der Waals surface area contributed by atoms with Crippen molar-refractivity contribution in [1.29, 1.82) is 0 Å². The van der Waals surface area contributed by atoms with Gasteiger partial charge in [0.1, 0.15) is 0 Å². The molecule has 0 amide bonds. The van der Waals surface area contributed by atoms with Crippen molar-refractivity contribution in [3.63, 3.8) is 0 Å². The normalized spacial score (nSPS) is 11.5. The lowest BCUT2D eigenvalue weighted by molar-refractivity contribution is 0.782. The second kappa shape index (κ2) is 5.25. The zero-order valence-electron chi connectivity index (χ0n) is 10.5. The second-order valence-corrected chi connectivity index (χ2v) is 6.82. The summed E-state index contributed by atoms with van der Waals surface area (Å²) in [6, 6.07) is 16.0. The van der Waals surface area contributed by atoms with Crippen molar-refractivity contribution in [1.82, 2.24) is 0 Å². The average Bonchev–Trinajstić information content (AvgIpc) is 2.32. The molecular weight excluding hydrogens is 262 g/mol. The lowest BCUT2D eigenvalue weighted by atomic mass is 10.0. The van der Waals surface area contributed by atoms with Gasteiger partial charge in [-0.2, -0.15) is 0 Å². The van der Waals surface area contributed by atoms with Crippen molar-refractivity contribution < 1.29 is 0 Å². The molecule has 1 nitrogen and oxygen atoms in total. The van der Waals surface area contributed by atoms with Crippen molar-refractivity contribution in [2.75, 3.05) is 5.73 Å². The predicted octanol–water partition coefficient (Wildman–Crippen LogP) is 4.95. The fourth-order valence-corrected chi connectivity index (χ4v) is 2.98. The molecule has 94 valence electrons. The van der Waals surface area contributed by atoms with Gasteiger partial charge in [-0.15, -0.1) is 11.8 Å². The van der Waals surface area contributed by atoms with Gasteiger partial charge in [-0.3, -0.25) is 0 Å². The van der Waals surface area contributed by atoms with Crippen LogP contribution < -0.4 is 5.73 Å². The van der Waals surface area contributed by atoms with Crippen LogP contribution in [0.1, 0.15) is 19.4 Å². The van der Waals surface area contributed by atoms with Gasteiger partial charge < -0.3 is 5.73 Å². The fraction of sp³-hybridized carbons (Fsp3) is 0.200. The summed E-state index contributed by atoms with van der Waals surface area (Å²) in [6.45, 7) is 4.41. The molecule has 0 aliphatic rings. The maximum absolute atomic E-state index is 5.89. The molecule has 2 N–H and O–H groups in total. The highest BCUT2D eigenvalue weighted by atomic mass is 35.5. The van der Waals surface area contributed by atoms with Crippen LogP contribution in [0.25, 0.3) is 0 Å². The highest BCUT2D eigenvalue weighted by molar-refractivity contribution is 8.00. The minimum atomic E-state index is 0.00152. The van der Waals surface area contributed by atoms with Crippen molar-refractivity contribution in [3.05, 3.63) is 59.1 Å². The zero-order chi connectivity index (χ0) is 13.2. The van der Waals surface area contributed by atoms with Crippen molar-refractivity contribution in [2.24, 2.45) is 0 Å². The lowest BCUT2D eigenvalue weighted by Gasteiger charge is -2.25. The third-order valence-corrected chi connectivity index (χ3v) is 4.30. The SMILES string of the molecule is CC(C)(Sc1ccc(Cl)cc1)c1ccc(N)cc1. The van der Waals surface area contributed by atoms with E-state index in [0.29, 0.717) is 0 Å². The Morgan fingerprint density at radius 1 is 0.944 bits per heavy atom. The van der Waals surface area contributed by atoms with Gasteiger partial charge >= 0.3 is 0 Å². The highest BCUT2D eigenvalue weighted by Crippen LogP contribution is 2.41. The number of thioether (sulfide) groups is 1. The van der Waals surface area contributed by atoms with Crippen LogP contribution >= 0.6 is 23.4 Å². The summed E-state index contributed by atoms with van der Waals surface area (Å²) >= 11 is 7.71. The molecule has 2 rings (SSSR count). The van der Waals surface area contributed by atoms with Gasteiger partial charge in [-0.25, -0.2) is 0 Å². The first-order valence-corrected chi connectivity index (χ1v) is 6.97. The van der Waals surface area contributed by atoms with E-state index in [2.05, 4.69) is 26.0 Å². The van der Waals surface area contributed by atoms with Crippen LogP contribution in [0.4, 0.5) is 5.69 Å². The number of nitrogen functional groups attached to an aromatic ring is 1. The third-order valence-electron chi connectivity index (χ3n) is 2.79. The van der Waals surface area contributed by atoms with Gasteiger partial charge in [0.05, 0.1) is 0 Å². The first-order valence-electron chi connectivity index (χ1n) is 5.78. The summed E-state index contributed by atoms with van der Waals surface area (Å²) in [5.41, 5.74) is 7.78. The molecule has 3 heteroatoms. The first-order chi connectivity index (χ1) is 8.47. The van der Waals surface area contributed by atoms with Crippen LogP contribution in [0.15, 0.2) is 53.4 Å². The molecule has 0 atom stereocenters. The number of rotatable bonds is 3. The van der Waals surface area contributed by atoms with Crippen molar-refractivity contribution in [2.45, 2.75) is 23.5 Å². The van der Waals surface area contributed by atoms with E-state index in [9.17, 15) is 0 Å². The summed E-state index contributed by atoms with van der Waals surface area (Å²) in [7, 11) is 0. The molecule has 2 aromatic carbocycles. The van der Waals surface area contributed by atoms with Crippen molar-refractivity contribution >= 4 is 29.1 Å².